The number of aromatic nitrogens is 1. The Balaban J connectivity index is 1.79. The van der Waals surface area contributed by atoms with E-state index in [-0.39, 0.29) is 5.91 Å². The fraction of sp³-hybridized carbons (Fsp3) is 0.111. The highest BCUT2D eigenvalue weighted by Gasteiger charge is 2.24. The number of hydrogen-bond acceptors (Lipinski definition) is 6. The summed E-state index contributed by atoms with van der Waals surface area (Å²) in [6.45, 7) is 0. The molecule has 1 aromatic heterocycles. The molecule has 0 bridgehead atoms. The van der Waals surface area contributed by atoms with Crippen LogP contribution in [0.1, 0.15) is 16.8 Å². The Bertz CT molecular complexity index is 1000. The SMILES string of the molecule is O=C(O)CC(Sc1nc2ccc(C(=O)Nc3ccccc3)cc2s1)C(=O)O. The van der Waals surface area contributed by atoms with Gasteiger partial charge in [-0.05, 0) is 30.3 Å². The topological polar surface area (TPSA) is 117 Å². The number of amides is 1. The van der Waals surface area contributed by atoms with Crippen LogP contribution in [0.15, 0.2) is 52.9 Å². The Morgan fingerprint density at radius 1 is 1.11 bits per heavy atom. The molecular weight excluding hydrogens is 388 g/mol. The normalized spacial score (nSPS) is 11.9. The lowest BCUT2D eigenvalue weighted by atomic mass is 10.2. The quantitative estimate of drug-likeness (QED) is 0.517. The summed E-state index contributed by atoms with van der Waals surface area (Å²) < 4.78 is 1.16. The summed E-state index contributed by atoms with van der Waals surface area (Å²) in [5, 5.41) is 19.7. The van der Waals surface area contributed by atoms with Crippen molar-refractivity contribution < 1.29 is 24.6 Å². The molecule has 9 heteroatoms. The third-order valence-electron chi connectivity index (χ3n) is 3.54. The second kappa shape index (κ2) is 8.19. The molecular formula is C18H14N2O5S2. The van der Waals surface area contributed by atoms with Crippen molar-refractivity contribution in [3.63, 3.8) is 0 Å². The first-order valence-electron chi connectivity index (χ1n) is 7.80. The van der Waals surface area contributed by atoms with Gasteiger partial charge in [-0.1, -0.05) is 30.0 Å². The highest BCUT2D eigenvalue weighted by molar-refractivity contribution is 8.02. The smallest absolute Gasteiger partial charge is 0.317 e. The van der Waals surface area contributed by atoms with Crippen molar-refractivity contribution in [2.24, 2.45) is 0 Å². The molecule has 0 aliphatic heterocycles. The molecule has 1 amide bonds. The van der Waals surface area contributed by atoms with Gasteiger partial charge in [-0.25, -0.2) is 4.98 Å². The Morgan fingerprint density at radius 2 is 1.85 bits per heavy atom. The van der Waals surface area contributed by atoms with Gasteiger partial charge in [0.2, 0.25) is 0 Å². The molecule has 7 nitrogen and oxygen atoms in total. The van der Waals surface area contributed by atoms with Gasteiger partial charge >= 0.3 is 11.9 Å². The Labute approximate surface area is 162 Å². The third kappa shape index (κ3) is 4.83. The standard InChI is InChI=1S/C18H14N2O5S2/c21-15(22)9-14(17(24)25)27-18-20-12-7-6-10(8-13(12)26-18)16(23)19-11-4-2-1-3-5-11/h1-8,14H,9H2,(H,19,23)(H,21,22)(H,24,25). The van der Waals surface area contributed by atoms with Crippen LogP contribution in [0.3, 0.4) is 0 Å². The van der Waals surface area contributed by atoms with E-state index in [4.69, 9.17) is 10.2 Å². The minimum absolute atomic E-state index is 0.264. The number of carboxylic acids is 2. The highest BCUT2D eigenvalue weighted by Crippen LogP contribution is 2.33. The first kappa shape index (κ1) is 18.9. The molecule has 0 fully saturated rings. The van der Waals surface area contributed by atoms with E-state index in [1.54, 1.807) is 30.3 Å². The molecule has 1 heterocycles. The molecule has 1 unspecified atom stereocenters. The van der Waals surface area contributed by atoms with E-state index in [9.17, 15) is 14.4 Å². The van der Waals surface area contributed by atoms with Gasteiger partial charge in [0.15, 0.2) is 4.34 Å². The number of nitrogens with one attached hydrogen (secondary N) is 1. The van der Waals surface area contributed by atoms with Crippen LogP contribution in [0.2, 0.25) is 0 Å². The highest BCUT2D eigenvalue weighted by atomic mass is 32.2. The lowest BCUT2D eigenvalue weighted by molar-refractivity contribution is -0.142. The van der Waals surface area contributed by atoms with Crippen molar-refractivity contribution >= 4 is 56.8 Å². The summed E-state index contributed by atoms with van der Waals surface area (Å²) in [6.07, 6.45) is -0.499. The van der Waals surface area contributed by atoms with Crippen LogP contribution in [-0.2, 0) is 9.59 Å². The van der Waals surface area contributed by atoms with Crippen molar-refractivity contribution in [3.05, 3.63) is 54.1 Å². The number of thioether (sulfide) groups is 1. The fourth-order valence-electron chi connectivity index (χ4n) is 2.28. The molecule has 0 saturated heterocycles. The first-order chi connectivity index (χ1) is 12.9. The maximum atomic E-state index is 12.4. The summed E-state index contributed by atoms with van der Waals surface area (Å²) in [6, 6.07) is 14.1. The predicted molar refractivity (Wildman–Crippen MR) is 104 cm³/mol. The van der Waals surface area contributed by atoms with Crippen LogP contribution >= 0.6 is 23.1 Å². The lowest BCUT2D eigenvalue weighted by Gasteiger charge is -2.06. The average Bonchev–Trinajstić information content (AvgIpc) is 3.03. The van der Waals surface area contributed by atoms with Gasteiger partial charge in [0, 0.05) is 11.3 Å². The molecule has 0 saturated carbocycles. The number of carbonyl (C=O) groups excluding carboxylic acids is 1. The number of anilines is 1. The number of rotatable bonds is 7. The molecule has 3 aromatic rings. The molecule has 0 spiro atoms. The van der Waals surface area contributed by atoms with E-state index in [0.717, 1.165) is 16.5 Å². The average molecular weight is 402 g/mol. The minimum Gasteiger partial charge on any atom is -0.481 e. The van der Waals surface area contributed by atoms with Crippen LogP contribution in [-0.4, -0.2) is 38.3 Å². The Morgan fingerprint density at radius 3 is 2.52 bits per heavy atom. The number of carboxylic acid groups (broad SMARTS) is 2. The largest absolute Gasteiger partial charge is 0.481 e. The fourth-order valence-corrected chi connectivity index (χ4v) is 4.55. The number of fused-ring (bicyclic) bond motifs is 1. The predicted octanol–water partition coefficient (Wildman–Crippen LogP) is 3.57. The number of benzene rings is 2. The number of aliphatic carboxylic acids is 2. The van der Waals surface area contributed by atoms with Crippen molar-refractivity contribution in [2.75, 3.05) is 5.32 Å². The van der Waals surface area contributed by atoms with E-state index < -0.39 is 23.6 Å². The maximum absolute atomic E-state index is 12.4. The molecule has 1 atom stereocenters. The van der Waals surface area contributed by atoms with E-state index in [2.05, 4.69) is 10.3 Å². The van der Waals surface area contributed by atoms with Crippen LogP contribution in [0, 0.1) is 0 Å². The third-order valence-corrected chi connectivity index (χ3v) is 5.84. The number of para-hydroxylation sites is 1. The Kier molecular flexibility index (Phi) is 5.72. The van der Waals surface area contributed by atoms with Gasteiger partial charge in [-0.3, -0.25) is 14.4 Å². The van der Waals surface area contributed by atoms with E-state index in [1.807, 2.05) is 18.2 Å². The number of carbonyl (C=O) groups is 3. The minimum atomic E-state index is -1.20. The first-order valence-corrected chi connectivity index (χ1v) is 9.50. The summed E-state index contributed by atoms with van der Waals surface area (Å²) >= 11 is 2.12. The molecule has 2 aromatic carbocycles. The molecule has 3 N–H and O–H groups in total. The molecule has 138 valence electrons. The second-order valence-corrected chi connectivity index (χ2v) is 8.01. The number of thiazole rings is 1. The van der Waals surface area contributed by atoms with Crippen LogP contribution < -0.4 is 5.32 Å². The van der Waals surface area contributed by atoms with Gasteiger partial charge < -0.3 is 15.5 Å². The van der Waals surface area contributed by atoms with Crippen molar-refractivity contribution in [1.82, 2.24) is 4.98 Å². The van der Waals surface area contributed by atoms with Gasteiger partial charge in [0.25, 0.3) is 5.91 Å². The molecule has 3 rings (SSSR count). The zero-order valence-electron chi connectivity index (χ0n) is 13.8. The van der Waals surface area contributed by atoms with Crippen molar-refractivity contribution in [1.29, 1.82) is 0 Å². The Hall–Kier alpha value is -2.91. The molecule has 27 heavy (non-hydrogen) atoms. The monoisotopic (exact) mass is 402 g/mol. The molecule has 0 aliphatic carbocycles. The molecule has 0 radical (unpaired) electrons. The van der Waals surface area contributed by atoms with E-state index >= 15 is 0 Å². The lowest BCUT2D eigenvalue weighted by Crippen LogP contribution is -2.20. The van der Waals surface area contributed by atoms with E-state index in [1.165, 1.54) is 11.3 Å². The summed E-state index contributed by atoms with van der Waals surface area (Å²) in [5.74, 6) is -2.65. The zero-order valence-corrected chi connectivity index (χ0v) is 15.4. The van der Waals surface area contributed by atoms with Gasteiger partial charge in [-0.2, -0.15) is 0 Å². The van der Waals surface area contributed by atoms with Crippen molar-refractivity contribution in [2.45, 2.75) is 16.0 Å². The zero-order chi connectivity index (χ0) is 19.4. The summed E-state index contributed by atoms with van der Waals surface area (Å²) in [7, 11) is 0. The molecule has 0 aliphatic rings. The van der Waals surface area contributed by atoms with Gasteiger partial charge in [0.05, 0.1) is 16.6 Å². The second-order valence-electron chi connectivity index (χ2n) is 5.53. The van der Waals surface area contributed by atoms with Gasteiger partial charge in [0.1, 0.15) is 5.25 Å². The summed E-state index contributed by atoms with van der Waals surface area (Å²) in [4.78, 5) is 38.7. The van der Waals surface area contributed by atoms with Crippen LogP contribution in [0.4, 0.5) is 5.69 Å². The van der Waals surface area contributed by atoms with Crippen LogP contribution in [0.5, 0.6) is 0 Å². The van der Waals surface area contributed by atoms with Crippen LogP contribution in [0.25, 0.3) is 10.2 Å². The number of nitrogens with zero attached hydrogens (tertiary/aromatic N) is 1. The van der Waals surface area contributed by atoms with E-state index in [0.29, 0.717) is 21.1 Å². The maximum Gasteiger partial charge on any atom is 0.317 e. The van der Waals surface area contributed by atoms with Gasteiger partial charge in [-0.15, -0.1) is 11.3 Å². The summed E-state index contributed by atoms with van der Waals surface area (Å²) in [5.41, 5.74) is 1.76. The van der Waals surface area contributed by atoms with Crippen molar-refractivity contribution in [3.8, 4) is 0 Å². The number of hydrogen-bond donors (Lipinski definition) is 3.